The maximum absolute atomic E-state index is 6.56. The van der Waals surface area contributed by atoms with Gasteiger partial charge in [0.05, 0.1) is 12.1 Å². The van der Waals surface area contributed by atoms with E-state index in [0.717, 1.165) is 12.2 Å². The molecule has 3 nitrogen and oxygen atoms in total. The Kier molecular flexibility index (Phi) is 3.38. The van der Waals surface area contributed by atoms with Crippen LogP contribution in [0.2, 0.25) is 0 Å². The summed E-state index contributed by atoms with van der Waals surface area (Å²) >= 11 is 0. The number of benzene rings is 1. The number of hydrogen-bond acceptors (Lipinski definition) is 2. The van der Waals surface area contributed by atoms with Crippen molar-refractivity contribution in [3.8, 4) is 0 Å². The summed E-state index contributed by atoms with van der Waals surface area (Å²) in [6, 6.07) is 8.94. The number of hydrogen-bond donors (Lipinski definition) is 1. The van der Waals surface area contributed by atoms with Gasteiger partial charge >= 0.3 is 0 Å². The maximum Gasteiger partial charge on any atom is 0.111 e. The van der Waals surface area contributed by atoms with Gasteiger partial charge in [0, 0.05) is 18.3 Å². The summed E-state index contributed by atoms with van der Waals surface area (Å²) in [5, 5.41) is 0. The van der Waals surface area contributed by atoms with Gasteiger partial charge < -0.3 is 10.3 Å². The zero-order valence-electron chi connectivity index (χ0n) is 12.5. The molecule has 1 aromatic heterocycles. The summed E-state index contributed by atoms with van der Waals surface area (Å²) in [7, 11) is 0. The lowest BCUT2D eigenvalue weighted by molar-refractivity contribution is 0.333. The first-order valence-corrected chi connectivity index (χ1v) is 7.46. The van der Waals surface area contributed by atoms with E-state index in [1.165, 1.54) is 11.1 Å². The second-order valence-electron chi connectivity index (χ2n) is 6.21. The van der Waals surface area contributed by atoms with E-state index in [1.54, 1.807) is 0 Å². The lowest BCUT2D eigenvalue weighted by atomic mass is 9.78. The van der Waals surface area contributed by atoms with Crippen molar-refractivity contribution in [2.24, 2.45) is 5.73 Å². The molecule has 0 saturated heterocycles. The van der Waals surface area contributed by atoms with Crippen LogP contribution in [0.4, 0.5) is 0 Å². The molecule has 2 aromatic rings. The minimum Gasteiger partial charge on any atom is -0.330 e. The normalized spacial score (nSPS) is 25.8. The molecule has 0 fully saturated rings. The molecule has 0 amide bonds. The first kappa shape index (κ1) is 13.4. The Morgan fingerprint density at radius 1 is 1.25 bits per heavy atom. The van der Waals surface area contributed by atoms with Crippen LogP contribution in [-0.2, 0) is 0 Å². The molecule has 0 bridgehead atoms. The molecule has 0 spiro atoms. The molecule has 1 heterocycles. The second kappa shape index (κ2) is 5.06. The molecular weight excluding hydrogens is 246 g/mol. The Morgan fingerprint density at radius 3 is 2.65 bits per heavy atom. The topological polar surface area (TPSA) is 43.8 Å². The highest BCUT2D eigenvalue weighted by Gasteiger charge is 2.32. The van der Waals surface area contributed by atoms with Crippen molar-refractivity contribution in [3.05, 3.63) is 53.6 Å². The number of imidazole rings is 1. The number of rotatable bonds is 2. The van der Waals surface area contributed by atoms with Gasteiger partial charge in [-0.15, -0.1) is 0 Å². The highest BCUT2D eigenvalue weighted by Crippen LogP contribution is 2.43. The van der Waals surface area contributed by atoms with Crippen LogP contribution in [0, 0.1) is 0 Å². The number of fused-ring (bicyclic) bond motifs is 1. The molecule has 3 atom stereocenters. The molecule has 2 N–H and O–H groups in total. The van der Waals surface area contributed by atoms with Crippen LogP contribution in [0.1, 0.15) is 68.1 Å². The summed E-state index contributed by atoms with van der Waals surface area (Å²) in [5.74, 6) is 2.10. The van der Waals surface area contributed by atoms with Crippen LogP contribution in [0.5, 0.6) is 0 Å². The monoisotopic (exact) mass is 269 g/mol. The van der Waals surface area contributed by atoms with E-state index in [-0.39, 0.29) is 6.04 Å². The van der Waals surface area contributed by atoms with Crippen LogP contribution in [0.3, 0.4) is 0 Å². The van der Waals surface area contributed by atoms with Gasteiger partial charge in [-0.05, 0) is 23.5 Å². The molecule has 0 radical (unpaired) electrons. The van der Waals surface area contributed by atoms with Gasteiger partial charge in [-0.3, -0.25) is 0 Å². The van der Waals surface area contributed by atoms with Crippen LogP contribution in [0.15, 0.2) is 36.7 Å². The molecule has 1 aliphatic carbocycles. The second-order valence-corrected chi connectivity index (χ2v) is 6.21. The van der Waals surface area contributed by atoms with Crippen LogP contribution < -0.4 is 5.73 Å². The predicted molar refractivity (Wildman–Crippen MR) is 81.8 cm³/mol. The number of nitrogens with two attached hydrogens (primary N) is 1. The van der Waals surface area contributed by atoms with Crippen molar-refractivity contribution < 1.29 is 0 Å². The number of nitrogens with zero attached hydrogens (tertiary/aromatic N) is 2. The molecule has 3 unspecified atom stereocenters. The Balaban J connectivity index is 2.03. The van der Waals surface area contributed by atoms with Crippen molar-refractivity contribution in [2.45, 2.75) is 51.1 Å². The van der Waals surface area contributed by atoms with Crippen molar-refractivity contribution >= 4 is 0 Å². The largest absolute Gasteiger partial charge is 0.330 e. The maximum atomic E-state index is 6.56. The highest BCUT2D eigenvalue weighted by molar-refractivity contribution is 5.36. The van der Waals surface area contributed by atoms with Gasteiger partial charge in [-0.1, -0.05) is 45.0 Å². The Bertz CT molecular complexity index is 600. The van der Waals surface area contributed by atoms with E-state index < -0.39 is 0 Å². The standard InChI is InChI=1S/C17H23N3/c1-11(2)17-19-8-9-20(17)15-10-12(3)13-6-4-5-7-14(13)16(15)18/h4-9,11-12,15-16H,10,18H2,1-3H3. The average Bonchev–Trinajstić information content (AvgIpc) is 2.92. The van der Waals surface area contributed by atoms with Crippen molar-refractivity contribution in [1.29, 1.82) is 0 Å². The van der Waals surface area contributed by atoms with Crippen LogP contribution >= 0.6 is 0 Å². The summed E-state index contributed by atoms with van der Waals surface area (Å²) in [6.45, 7) is 6.67. The summed E-state index contributed by atoms with van der Waals surface area (Å²) in [4.78, 5) is 4.51. The van der Waals surface area contributed by atoms with E-state index >= 15 is 0 Å². The SMILES string of the molecule is CC(C)c1nccn1C1CC(C)c2ccccc2C1N. The summed E-state index contributed by atoms with van der Waals surface area (Å²) in [5.41, 5.74) is 9.26. The fourth-order valence-corrected chi connectivity index (χ4v) is 3.45. The summed E-state index contributed by atoms with van der Waals surface area (Å²) in [6.07, 6.45) is 5.06. The molecule has 1 aliphatic rings. The zero-order chi connectivity index (χ0) is 14.3. The van der Waals surface area contributed by atoms with Crippen molar-refractivity contribution in [1.82, 2.24) is 9.55 Å². The van der Waals surface area contributed by atoms with Gasteiger partial charge in [-0.2, -0.15) is 0 Å². The van der Waals surface area contributed by atoms with Gasteiger partial charge in [0.1, 0.15) is 5.82 Å². The van der Waals surface area contributed by atoms with E-state index in [2.05, 4.69) is 60.8 Å². The first-order valence-electron chi connectivity index (χ1n) is 7.46. The quantitative estimate of drug-likeness (QED) is 0.902. The van der Waals surface area contributed by atoms with Gasteiger partial charge in [0.25, 0.3) is 0 Å². The average molecular weight is 269 g/mol. The zero-order valence-corrected chi connectivity index (χ0v) is 12.5. The van der Waals surface area contributed by atoms with Gasteiger partial charge in [-0.25, -0.2) is 4.98 Å². The fraction of sp³-hybridized carbons (Fsp3) is 0.471. The lowest BCUT2D eigenvalue weighted by Gasteiger charge is -2.36. The third-order valence-electron chi connectivity index (χ3n) is 4.47. The number of aromatic nitrogens is 2. The highest BCUT2D eigenvalue weighted by atomic mass is 15.1. The first-order chi connectivity index (χ1) is 9.59. The Labute approximate surface area is 120 Å². The van der Waals surface area contributed by atoms with Crippen molar-refractivity contribution in [3.63, 3.8) is 0 Å². The third kappa shape index (κ3) is 2.06. The molecule has 0 saturated carbocycles. The van der Waals surface area contributed by atoms with Crippen molar-refractivity contribution in [2.75, 3.05) is 0 Å². The van der Waals surface area contributed by atoms with Gasteiger partial charge in [0.15, 0.2) is 0 Å². The van der Waals surface area contributed by atoms with E-state index in [0.29, 0.717) is 17.9 Å². The van der Waals surface area contributed by atoms with E-state index in [1.807, 2.05) is 6.20 Å². The van der Waals surface area contributed by atoms with Crippen LogP contribution in [0.25, 0.3) is 0 Å². The smallest absolute Gasteiger partial charge is 0.111 e. The Morgan fingerprint density at radius 2 is 1.95 bits per heavy atom. The van der Waals surface area contributed by atoms with E-state index in [4.69, 9.17) is 5.73 Å². The molecule has 3 rings (SSSR count). The minimum absolute atomic E-state index is 0.0501. The third-order valence-corrected chi connectivity index (χ3v) is 4.47. The minimum atomic E-state index is 0.0501. The van der Waals surface area contributed by atoms with Gasteiger partial charge in [0.2, 0.25) is 0 Å². The Hall–Kier alpha value is -1.61. The fourth-order valence-electron chi connectivity index (χ4n) is 3.45. The van der Waals surface area contributed by atoms with Crippen LogP contribution in [-0.4, -0.2) is 9.55 Å². The lowest BCUT2D eigenvalue weighted by Crippen LogP contribution is -2.31. The molecule has 0 aliphatic heterocycles. The molecule has 1 aromatic carbocycles. The molecule has 20 heavy (non-hydrogen) atoms. The predicted octanol–water partition coefficient (Wildman–Crippen LogP) is 3.75. The molecule has 3 heteroatoms. The summed E-state index contributed by atoms with van der Waals surface area (Å²) < 4.78 is 2.29. The van der Waals surface area contributed by atoms with E-state index in [9.17, 15) is 0 Å². The molecule has 106 valence electrons. The molecular formula is C17H23N3.